The van der Waals surface area contributed by atoms with E-state index >= 15 is 0 Å². The van der Waals surface area contributed by atoms with E-state index < -0.39 is 0 Å². The van der Waals surface area contributed by atoms with Crippen LogP contribution in [0, 0.1) is 0 Å². The van der Waals surface area contributed by atoms with Gasteiger partial charge in [0.25, 0.3) is 0 Å². The van der Waals surface area contributed by atoms with Gasteiger partial charge < -0.3 is 9.73 Å². The van der Waals surface area contributed by atoms with Crippen LogP contribution in [0.3, 0.4) is 0 Å². The number of fused-ring (bicyclic) bond motifs is 2. The Kier molecular flexibility index (Phi) is 5.14. The molecule has 0 amide bonds. The van der Waals surface area contributed by atoms with Gasteiger partial charge in [-0.3, -0.25) is 9.67 Å². The molecule has 0 unspecified atom stereocenters. The topological polar surface area (TPSA) is 81.7 Å². The van der Waals surface area contributed by atoms with Crippen LogP contribution in [0.1, 0.15) is 13.8 Å². The molecule has 7 nitrogen and oxygen atoms in total. The highest BCUT2D eigenvalue weighted by molar-refractivity contribution is 6.35. The lowest BCUT2D eigenvalue weighted by atomic mass is 10.2. The first-order valence-electron chi connectivity index (χ1n) is 9.23. The van der Waals surface area contributed by atoms with Gasteiger partial charge in [-0.25, -0.2) is 9.97 Å². The van der Waals surface area contributed by atoms with E-state index in [1.807, 2.05) is 39.1 Å². The maximum absolute atomic E-state index is 6.34. The van der Waals surface area contributed by atoms with Gasteiger partial charge in [0.1, 0.15) is 0 Å². The summed E-state index contributed by atoms with van der Waals surface area (Å²) in [6.07, 6.45) is 8.54. The third kappa shape index (κ3) is 3.30. The van der Waals surface area contributed by atoms with Crippen LogP contribution in [0.2, 0.25) is 5.02 Å². The lowest BCUT2D eigenvalue weighted by Gasteiger charge is -2.09. The van der Waals surface area contributed by atoms with Crippen molar-refractivity contribution in [1.82, 2.24) is 24.7 Å². The average Bonchev–Trinajstić information content (AvgIpc) is 3.34. The first-order valence-corrected chi connectivity index (χ1v) is 9.61. The largest absolute Gasteiger partial charge is 0.449 e. The Labute approximate surface area is 172 Å². The lowest BCUT2D eigenvalue weighted by Crippen LogP contribution is -1.95. The highest BCUT2D eigenvalue weighted by Gasteiger charge is 2.19. The number of aromatic nitrogens is 5. The fourth-order valence-electron chi connectivity index (χ4n) is 3.14. The molecular weight excluding hydrogens is 388 g/mol. The standard InChI is InChI=1S/C19H13ClN6O.C2H6/c1-26-17-12(9-24-26)14(4-3-13(17)20)25-16-11-5-8-21-10-15(11)27-18(16)19-22-6-2-7-23-19;1-2/h2-10,25H,1H3;1-2H3. The van der Waals surface area contributed by atoms with Gasteiger partial charge in [0, 0.05) is 42.1 Å². The molecule has 1 aromatic carbocycles. The Balaban J connectivity index is 0.000000994. The summed E-state index contributed by atoms with van der Waals surface area (Å²) in [6, 6.07) is 7.42. The highest BCUT2D eigenvalue weighted by atomic mass is 35.5. The lowest BCUT2D eigenvalue weighted by molar-refractivity contribution is 0.624. The molecule has 5 aromatic rings. The summed E-state index contributed by atoms with van der Waals surface area (Å²) < 4.78 is 7.75. The minimum absolute atomic E-state index is 0.493. The van der Waals surface area contributed by atoms with Gasteiger partial charge in [-0.05, 0) is 24.3 Å². The third-order valence-electron chi connectivity index (χ3n) is 4.37. The molecular formula is C21H19ClN6O. The van der Waals surface area contributed by atoms with Crippen molar-refractivity contribution in [2.45, 2.75) is 13.8 Å². The molecule has 29 heavy (non-hydrogen) atoms. The van der Waals surface area contributed by atoms with Gasteiger partial charge in [0.05, 0.1) is 28.6 Å². The third-order valence-corrected chi connectivity index (χ3v) is 4.68. The quantitative estimate of drug-likeness (QED) is 0.420. The number of nitrogens with one attached hydrogen (secondary N) is 1. The van der Waals surface area contributed by atoms with Crippen LogP contribution >= 0.6 is 11.6 Å². The van der Waals surface area contributed by atoms with Crippen molar-refractivity contribution in [2.75, 3.05) is 5.32 Å². The smallest absolute Gasteiger partial charge is 0.197 e. The number of furan rings is 1. The van der Waals surface area contributed by atoms with Crippen LogP contribution in [0.25, 0.3) is 33.5 Å². The zero-order valence-electron chi connectivity index (χ0n) is 16.2. The Morgan fingerprint density at radius 3 is 2.59 bits per heavy atom. The van der Waals surface area contributed by atoms with Gasteiger partial charge in [0.2, 0.25) is 0 Å². The molecule has 0 bridgehead atoms. The fourth-order valence-corrected chi connectivity index (χ4v) is 3.42. The molecule has 0 spiro atoms. The molecule has 0 fully saturated rings. The van der Waals surface area contributed by atoms with Crippen molar-refractivity contribution < 1.29 is 4.42 Å². The zero-order valence-corrected chi connectivity index (χ0v) is 17.0. The normalized spacial score (nSPS) is 10.8. The van der Waals surface area contributed by atoms with Crippen LogP contribution in [0.4, 0.5) is 11.4 Å². The molecule has 5 rings (SSSR count). The van der Waals surface area contributed by atoms with Crippen LogP contribution in [-0.2, 0) is 7.05 Å². The Hall–Kier alpha value is -3.45. The molecule has 4 aromatic heterocycles. The van der Waals surface area contributed by atoms with Crippen LogP contribution in [-0.4, -0.2) is 24.7 Å². The van der Waals surface area contributed by atoms with Gasteiger partial charge in [-0.2, -0.15) is 5.10 Å². The number of rotatable bonds is 3. The molecule has 146 valence electrons. The van der Waals surface area contributed by atoms with E-state index in [-0.39, 0.29) is 0 Å². The van der Waals surface area contributed by atoms with E-state index in [9.17, 15) is 0 Å². The molecule has 0 aliphatic rings. The summed E-state index contributed by atoms with van der Waals surface area (Å²) in [7, 11) is 1.86. The number of aryl methyl sites for hydroxylation is 1. The van der Waals surface area contributed by atoms with E-state index in [0.717, 1.165) is 27.7 Å². The van der Waals surface area contributed by atoms with Crippen molar-refractivity contribution in [3.05, 3.63) is 60.3 Å². The van der Waals surface area contributed by atoms with E-state index in [0.29, 0.717) is 22.2 Å². The van der Waals surface area contributed by atoms with Gasteiger partial charge >= 0.3 is 0 Å². The van der Waals surface area contributed by atoms with Crippen LogP contribution < -0.4 is 5.32 Å². The molecule has 0 aliphatic heterocycles. The molecule has 0 aliphatic carbocycles. The van der Waals surface area contributed by atoms with Gasteiger partial charge in [0.15, 0.2) is 17.2 Å². The predicted octanol–water partition coefficient (Wildman–Crippen LogP) is 5.59. The number of anilines is 2. The summed E-state index contributed by atoms with van der Waals surface area (Å²) in [6.45, 7) is 4.00. The van der Waals surface area contributed by atoms with Crippen molar-refractivity contribution in [1.29, 1.82) is 0 Å². The Morgan fingerprint density at radius 1 is 1.00 bits per heavy atom. The minimum Gasteiger partial charge on any atom is -0.449 e. The molecule has 0 atom stereocenters. The number of nitrogens with zero attached hydrogens (tertiary/aromatic N) is 5. The number of halogens is 1. The van der Waals surface area contributed by atoms with E-state index in [1.54, 1.807) is 41.7 Å². The molecule has 4 heterocycles. The van der Waals surface area contributed by atoms with E-state index in [2.05, 4.69) is 25.4 Å². The summed E-state index contributed by atoms with van der Waals surface area (Å²) in [5.74, 6) is 1.04. The van der Waals surface area contributed by atoms with Crippen molar-refractivity contribution >= 4 is 44.8 Å². The highest BCUT2D eigenvalue weighted by Crippen LogP contribution is 2.40. The fraction of sp³-hybridized carbons (Fsp3) is 0.143. The summed E-state index contributed by atoms with van der Waals surface area (Å²) in [5, 5.41) is 10.2. The molecule has 0 radical (unpaired) electrons. The molecule has 0 saturated heterocycles. The van der Waals surface area contributed by atoms with Crippen molar-refractivity contribution in [3.63, 3.8) is 0 Å². The first kappa shape index (κ1) is 18.9. The number of hydrogen-bond donors (Lipinski definition) is 1. The maximum atomic E-state index is 6.34. The SMILES string of the molecule is CC.Cn1ncc2c(Nc3c(-c4ncccn4)oc4cnccc34)ccc(Cl)c21. The zero-order chi connectivity index (χ0) is 20.4. The average molecular weight is 407 g/mol. The van der Waals surface area contributed by atoms with E-state index in [4.69, 9.17) is 16.0 Å². The second-order valence-electron chi connectivity index (χ2n) is 6.00. The number of pyridine rings is 1. The maximum Gasteiger partial charge on any atom is 0.197 e. The first-order chi connectivity index (χ1) is 14.2. The van der Waals surface area contributed by atoms with Crippen molar-refractivity contribution in [2.24, 2.45) is 7.05 Å². The van der Waals surface area contributed by atoms with Gasteiger partial charge in [-0.15, -0.1) is 0 Å². The monoisotopic (exact) mass is 406 g/mol. The minimum atomic E-state index is 0.493. The number of hydrogen-bond acceptors (Lipinski definition) is 6. The number of benzene rings is 1. The Bertz CT molecular complexity index is 1280. The second-order valence-corrected chi connectivity index (χ2v) is 6.41. The molecule has 8 heteroatoms. The van der Waals surface area contributed by atoms with Crippen LogP contribution in [0.15, 0.2) is 59.7 Å². The Morgan fingerprint density at radius 2 is 1.79 bits per heavy atom. The molecule has 0 saturated carbocycles. The summed E-state index contributed by atoms with van der Waals surface area (Å²) >= 11 is 6.34. The summed E-state index contributed by atoms with van der Waals surface area (Å²) in [4.78, 5) is 12.8. The molecule has 1 N–H and O–H groups in total. The van der Waals surface area contributed by atoms with Gasteiger partial charge in [-0.1, -0.05) is 25.4 Å². The van der Waals surface area contributed by atoms with Crippen LogP contribution in [0.5, 0.6) is 0 Å². The summed E-state index contributed by atoms with van der Waals surface area (Å²) in [5.41, 5.74) is 3.14. The van der Waals surface area contributed by atoms with Crippen molar-refractivity contribution in [3.8, 4) is 11.6 Å². The predicted molar refractivity (Wildman–Crippen MR) is 115 cm³/mol. The second kappa shape index (κ2) is 7.89. The van der Waals surface area contributed by atoms with E-state index in [1.165, 1.54) is 0 Å².